The van der Waals surface area contributed by atoms with E-state index in [0.29, 0.717) is 5.56 Å². The van der Waals surface area contributed by atoms with Crippen molar-refractivity contribution in [2.24, 2.45) is 17.1 Å². The van der Waals surface area contributed by atoms with Crippen LogP contribution >= 0.6 is 23.8 Å². The van der Waals surface area contributed by atoms with Gasteiger partial charge in [0.1, 0.15) is 10.8 Å². The molecule has 1 aliphatic heterocycles. The quantitative estimate of drug-likeness (QED) is 0.621. The summed E-state index contributed by atoms with van der Waals surface area (Å²) in [5.74, 6) is -1.11. The molecule has 1 saturated heterocycles. The fourth-order valence-corrected chi connectivity index (χ4v) is 4.21. The Bertz CT molecular complexity index is 1120. The lowest BCUT2D eigenvalue weighted by Crippen LogP contribution is -2.42. The topological polar surface area (TPSA) is 97.8 Å². The molecule has 0 spiro atoms. The van der Waals surface area contributed by atoms with Crippen molar-refractivity contribution in [2.45, 2.75) is 39.5 Å². The van der Waals surface area contributed by atoms with Crippen molar-refractivity contribution in [3.63, 3.8) is 0 Å². The summed E-state index contributed by atoms with van der Waals surface area (Å²) in [5.41, 5.74) is 5.60. The molecule has 1 aromatic heterocycles. The molecule has 2 aromatic rings. The molecule has 3 atom stereocenters. The summed E-state index contributed by atoms with van der Waals surface area (Å²) in [7, 11) is 0. The van der Waals surface area contributed by atoms with E-state index in [9.17, 15) is 19.1 Å². The molecule has 1 aliphatic rings. The van der Waals surface area contributed by atoms with Crippen molar-refractivity contribution in [3.05, 3.63) is 68.8 Å². The van der Waals surface area contributed by atoms with Crippen LogP contribution in [0.2, 0.25) is 5.02 Å². The minimum atomic E-state index is -1.09. The lowest BCUT2D eigenvalue weighted by atomic mass is 9.88. The Morgan fingerprint density at radius 3 is 2.61 bits per heavy atom. The van der Waals surface area contributed by atoms with Gasteiger partial charge in [-0.1, -0.05) is 50.7 Å². The van der Waals surface area contributed by atoms with Crippen LogP contribution in [0.5, 0.6) is 0 Å². The maximum absolute atomic E-state index is 14.4. The number of hydrogen-bond acceptors (Lipinski definition) is 4. The van der Waals surface area contributed by atoms with Crippen molar-refractivity contribution >= 4 is 34.9 Å². The Kier molecular flexibility index (Phi) is 7.45. The maximum Gasteiger partial charge on any atom is 0.407 e. The number of ether oxygens (including phenoxy) is 1. The predicted octanol–water partition coefficient (Wildman–Crippen LogP) is 4.06. The molecule has 3 rings (SSSR count). The number of thiocarbonyl (C=S) groups is 1. The number of pyridine rings is 1. The van der Waals surface area contributed by atoms with Crippen LogP contribution in [0.15, 0.2) is 41.3 Å². The lowest BCUT2D eigenvalue weighted by Gasteiger charge is -2.34. The van der Waals surface area contributed by atoms with Gasteiger partial charge in [0.2, 0.25) is 0 Å². The van der Waals surface area contributed by atoms with Crippen molar-refractivity contribution in [2.75, 3.05) is 13.1 Å². The summed E-state index contributed by atoms with van der Waals surface area (Å²) >= 11 is 10.9. The van der Waals surface area contributed by atoms with Gasteiger partial charge in [-0.3, -0.25) is 4.79 Å². The molecule has 3 N–H and O–H groups in total. The van der Waals surface area contributed by atoms with Crippen molar-refractivity contribution < 1.29 is 19.0 Å². The Morgan fingerprint density at radius 2 is 2.03 bits per heavy atom. The van der Waals surface area contributed by atoms with Gasteiger partial charge >= 0.3 is 6.09 Å². The summed E-state index contributed by atoms with van der Waals surface area (Å²) in [6.45, 7) is 6.20. The Labute approximate surface area is 201 Å². The molecule has 0 aliphatic carbocycles. The zero-order chi connectivity index (χ0) is 24.5. The lowest BCUT2D eigenvalue weighted by molar-refractivity contribution is -0.0789. The summed E-state index contributed by atoms with van der Waals surface area (Å²) in [5, 5.41) is 9.81. The van der Waals surface area contributed by atoms with E-state index < -0.39 is 35.5 Å². The second-order valence-corrected chi connectivity index (χ2v) is 10.1. The van der Waals surface area contributed by atoms with E-state index in [1.807, 2.05) is 20.8 Å². The monoisotopic (exact) mass is 495 g/mol. The molecule has 0 radical (unpaired) electrons. The van der Waals surface area contributed by atoms with Gasteiger partial charge in [-0.2, -0.15) is 0 Å². The maximum atomic E-state index is 14.4. The number of halogens is 2. The fourth-order valence-electron chi connectivity index (χ4n) is 3.93. The molecule has 7 nitrogen and oxygen atoms in total. The first-order valence-electron chi connectivity index (χ1n) is 10.5. The number of nitrogens with two attached hydrogens (primary N) is 1. The molecule has 2 heterocycles. The third-order valence-electron chi connectivity index (χ3n) is 5.81. The van der Waals surface area contributed by atoms with E-state index in [1.54, 1.807) is 18.3 Å². The van der Waals surface area contributed by atoms with Gasteiger partial charge in [0.15, 0.2) is 0 Å². The molecular formula is C23H27ClFN3O4S. The standard InChI is InChI=1S/C23H27ClFN3O4S/c1-23(2,3)18-12-28(22(30)31)11-14(10-27-8-4-5-15(20(26)33)21(27)29)19(32-18)13-6-7-16(24)17(25)9-13/h4-9,14,18-19H,10-12H2,1-3H3,(H2,26,33)(H,30,31)/t14-,18?,19-/m0/s1. The molecule has 1 aromatic carbocycles. The minimum absolute atomic E-state index is 0.0242. The van der Waals surface area contributed by atoms with Gasteiger partial charge in [-0.05, 0) is 35.2 Å². The highest BCUT2D eigenvalue weighted by Crippen LogP contribution is 2.38. The van der Waals surface area contributed by atoms with Crippen LogP contribution in [-0.2, 0) is 11.3 Å². The van der Waals surface area contributed by atoms with Crippen LogP contribution in [0.1, 0.15) is 38.0 Å². The number of carbonyl (C=O) groups is 1. The molecule has 33 heavy (non-hydrogen) atoms. The summed E-state index contributed by atoms with van der Waals surface area (Å²) < 4.78 is 22.2. The van der Waals surface area contributed by atoms with E-state index in [0.717, 1.165) is 0 Å². The van der Waals surface area contributed by atoms with Crippen LogP contribution < -0.4 is 11.3 Å². The largest absolute Gasteiger partial charge is 0.465 e. The van der Waals surface area contributed by atoms with Gasteiger partial charge in [0.05, 0.1) is 29.3 Å². The zero-order valence-corrected chi connectivity index (χ0v) is 20.2. The number of benzene rings is 1. The van der Waals surface area contributed by atoms with E-state index in [1.165, 1.54) is 27.7 Å². The van der Waals surface area contributed by atoms with Crippen LogP contribution in [-0.4, -0.2) is 44.8 Å². The van der Waals surface area contributed by atoms with Crippen molar-refractivity contribution in [3.8, 4) is 0 Å². The van der Waals surface area contributed by atoms with Crippen LogP contribution in [0.25, 0.3) is 0 Å². The first-order chi connectivity index (χ1) is 15.4. The van der Waals surface area contributed by atoms with Crippen molar-refractivity contribution in [1.29, 1.82) is 0 Å². The van der Waals surface area contributed by atoms with Gasteiger partial charge in [0.25, 0.3) is 5.56 Å². The molecule has 10 heteroatoms. The van der Waals surface area contributed by atoms with Gasteiger partial charge in [0, 0.05) is 25.2 Å². The average molecular weight is 496 g/mol. The Hall–Kier alpha value is -2.49. The molecule has 0 saturated carbocycles. The zero-order valence-electron chi connectivity index (χ0n) is 18.6. The molecule has 1 fully saturated rings. The third-order valence-corrected chi connectivity index (χ3v) is 6.33. The molecule has 1 unspecified atom stereocenters. The summed E-state index contributed by atoms with van der Waals surface area (Å²) in [6.07, 6.45) is -0.668. The van der Waals surface area contributed by atoms with Gasteiger partial charge < -0.3 is 25.0 Å². The number of hydrogen-bond donors (Lipinski definition) is 2. The second-order valence-electron chi connectivity index (χ2n) is 9.28. The second kappa shape index (κ2) is 9.79. The SMILES string of the molecule is CC(C)(C)C1CN(C(=O)O)C[C@H](Cn2cccc(C(N)=S)c2=O)[C@H](c2ccc(Cl)c(F)c2)O1. The summed E-state index contributed by atoms with van der Waals surface area (Å²) in [4.78, 5) is 26.2. The fraction of sp³-hybridized carbons (Fsp3) is 0.435. The molecule has 178 valence electrons. The number of aromatic nitrogens is 1. The summed E-state index contributed by atoms with van der Waals surface area (Å²) in [6, 6.07) is 7.59. The normalized spacial score (nSPS) is 21.5. The van der Waals surface area contributed by atoms with Crippen molar-refractivity contribution in [1.82, 2.24) is 9.47 Å². The van der Waals surface area contributed by atoms with Gasteiger partial charge in [-0.15, -0.1) is 0 Å². The molecule has 0 bridgehead atoms. The van der Waals surface area contributed by atoms with Crippen LogP contribution in [0, 0.1) is 17.2 Å². The highest BCUT2D eigenvalue weighted by molar-refractivity contribution is 7.80. The smallest absolute Gasteiger partial charge is 0.407 e. The first-order valence-corrected chi connectivity index (χ1v) is 11.2. The third kappa shape index (κ3) is 5.72. The number of nitrogens with zero attached hydrogens (tertiary/aromatic N) is 2. The Balaban J connectivity index is 2.10. The van der Waals surface area contributed by atoms with Crippen LogP contribution in [0.3, 0.4) is 0 Å². The highest BCUT2D eigenvalue weighted by atomic mass is 35.5. The molecular weight excluding hydrogens is 469 g/mol. The average Bonchev–Trinajstić information content (AvgIpc) is 2.91. The van der Waals surface area contributed by atoms with E-state index >= 15 is 0 Å². The van der Waals surface area contributed by atoms with Crippen LogP contribution in [0.4, 0.5) is 9.18 Å². The predicted molar refractivity (Wildman–Crippen MR) is 128 cm³/mol. The number of amides is 1. The number of rotatable bonds is 4. The van der Waals surface area contributed by atoms with E-state index in [4.69, 9.17) is 34.3 Å². The Morgan fingerprint density at radius 1 is 1.33 bits per heavy atom. The van der Waals surface area contributed by atoms with E-state index in [2.05, 4.69) is 0 Å². The van der Waals surface area contributed by atoms with Gasteiger partial charge in [-0.25, -0.2) is 9.18 Å². The molecule has 1 amide bonds. The van der Waals surface area contributed by atoms with E-state index in [-0.39, 0.29) is 40.8 Å². The minimum Gasteiger partial charge on any atom is -0.465 e. The highest BCUT2D eigenvalue weighted by Gasteiger charge is 2.40. The first kappa shape index (κ1) is 25.1. The number of carboxylic acid groups (broad SMARTS) is 1.